The lowest BCUT2D eigenvalue weighted by atomic mass is 10.00. The molecule has 2 aliphatic rings. The molecule has 2 N–H and O–H groups in total. The number of aromatic nitrogens is 1. The number of halogens is 1. The summed E-state index contributed by atoms with van der Waals surface area (Å²) in [4.78, 5) is 11.6. The van der Waals surface area contributed by atoms with Crippen molar-refractivity contribution >= 4 is 16.9 Å². The Labute approximate surface area is 167 Å². The molecule has 1 saturated carbocycles. The Kier molecular flexibility index (Phi) is 4.13. The predicted molar refractivity (Wildman–Crippen MR) is 106 cm³/mol. The van der Waals surface area contributed by atoms with Crippen LogP contribution in [0, 0.1) is 18.7 Å². The third-order valence-corrected chi connectivity index (χ3v) is 6.14. The molecule has 1 aromatic heterocycles. The summed E-state index contributed by atoms with van der Waals surface area (Å²) in [6.07, 6.45) is 2.21. The van der Waals surface area contributed by atoms with Gasteiger partial charge in [0.15, 0.2) is 0 Å². The summed E-state index contributed by atoms with van der Waals surface area (Å²) in [5, 5.41) is 20.5. The highest BCUT2D eigenvalue weighted by atomic mass is 19.1. The van der Waals surface area contributed by atoms with E-state index < -0.39 is 11.9 Å². The average Bonchev–Trinajstić information content (AvgIpc) is 3.16. The molecule has 0 bridgehead atoms. The highest BCUT2D eigenvalue weighted by Gasteiger charge is 2.48. The maximum absolute atomic E-state index is 13.9. The van der Waals surface area contributed by atoms with Crippen molar-refractivity contribution < 1.29 is 24.1 Å². The Hall–Kier alpha value is -2.86. The maximum Gasteiger partial charge on any atom is 0.307 e. The van der Waals surface area contributed by atoms with Gasteiger partial charge in [0.05, 0.1) is 23.2 Å². The van der Waals surface area contributed by atoms with E-state index in [0.29, 0.717) is 18.6 Å². The van der Waals surface area contributed by atoms with E-state index in [2.05, 4.69) is 4.57 Å². The van der Waals surface area contributed by atoms with E-state index in [-0.39, 0.29) is 23.6 Å². The molecular formula is C23H22FNO4. The molecule has 0 spiro atoms. The minimum absolute atomic E-state index is 0.112. The standard InChI is InChI=1S/C23H22FNO4/c1-12-9-13(4-6-18(12)24)25-19-7-5-14(26)10-17(19)21(15-11-16(15)23(27)28)22(25)20-3-2-8-29-20/h4-7,9-10,15-16,20,26H,2-3,8,11H2,1H3,(H,27,28)/t15-,16-,20+/m0/s1. The number of phenolic OH excluding ortho intramolecular Hbond substituents is 1. The second kappa shape index (κ2) is 6.59. The van der Waals surface area contributed by atoms with Crippen LogP contribution in [-0.4, -0.2) is 27.4 Å². The van der Waals surface area contributed by atoms with Crippen molar-refractivity contribution in [3.05, 3.63) is 59.0 Å². The van der Waals surface area contributed by atoms with Gasteiger partial charge in [-0.2, -0.15) is 0 Å². The summed E-state index contributed by atoms with van der Waals surface area (Å²) in [7, 11) is 0. The quantitative estimate of drug-likeness (QED) is 0.664. The van der Waals surface area contributed by atoms with E-state index >= 15 is 0 Å². The molecule has 1 saturated heterocycles. The first-order valence-corrected chi connectivity index (χ1v) is 9.94. The zero-order valence-electron chi connectivity index (χ0n) is 16.1. The smallest absolute Gasteiger partial charge is 0.307 e. The fourth-order valence-corrected chi connectivity index (χ4v) is 4.66. The van der Waals surface area contributed by atoms with Crippen molar-refractivity contribution in [1.82, 2.24) is 4.57 Å². The predicted octanol–water partition coefficient (Wildman–Crippen LogP) is 4.82. The molecule has 0 radical (unpaired) electrons. The average molecular weight is 395 g/mol. The molecule has 3 aromatic rings. The van der Waals surface area contributed by atoms with Crippen LogP contribution in [0.15, 0.2) is 36.4 Å². The molecule has 150 valence electrons. The lowest BCUT2D eigenvalue weighted by Crippen LogP contribution is -2.09. The molecule has 0 unspecified atom stereocenters. The Balaban J connectivity index is 1.82. The van der Waals surface area contributed by atoms with Gasteiger partial charge >= 0.3 is 5.97 Å². The zero-order chi connectivity index (χ0) is 20.3. The number of phenols is 1. The van der Waals surface area contributed by atoms with Gasteiger partial charge < -0.3 is 19.5 Å². The third kappa shape index (κ3) is 2.90. The zero-order valence-corrected chi connectivity index (χ0v) is 16.1. The number of carboxylic acid groups (broad SMARTS) is 1. The summed E-state index contributed by atoms with van der Waals surface area (Å²) >= 11 is 0. The summed E-state index contributed by atoms with van der Waals surface area (Å²) in [5.41, 5.74) is 4.09. The second-order valence-corrected chi connectivity index (χ2v) is 8.06. The van der Waals surface area contributed by atoms with Gasteiger partial charge in [-0.05, 0) is 73.7 Å². The minimum Gasteiger partial charge on any atom is -0.508 e. The normalized spacial score (nSPS) is 23.6. The first-order valence-electron chi connectivity index (χ1n) is 9.94. The van der Waals surface area contributed by atoms with Crippen LogP contribution in [0.4, 0.5) is 4.39 Å². The SMILES string of the molecule is Cc1cc(-n2c([C@H]3CCCO3)c([C@H]3C[C@@H]3C(=O)O)c3cc(O)ccc32)ccc1F. The highest BCUT2D eigenvalue weighted by molar-refractivity contribution is 5.91. The van der Waals surface area contributed by atoms with Crippen LogP contribution in [0.2, 0.25) is 0 Å². The number of hydrogen-bond acceptors (Lipinski definition) is 3. The van der Waals surface area contributed by atoms with Crippen molar-refractivity contribution in [2.75, 3.05) is 6.61 Å². The van der Waals surface area contributed by atoms with Gasteiger partial charge in [0.25, 0.3) is 0 Å². The van der Waals surface area contributed by atoms with Crippen LogP contribution in [0.25, 0.3) is 16.6 Å². The molecule has 6 heteroatoms. The summed E-state index contributed by atoms with van der Waals surface area (Å²) in [6, 6.07) is 10.1. The van der Waals surface area contributed by atoms with Crippen LogP contribution in [-0.2, 0) is 9.53 Å². The van der Waals surface area contributed by atoms with Gasteiger partial charge in [0.2, 0.25) is 0 Å². The van der Waals surface area contributed by atoms with E-state index in [1.807, 2.05) is 6.07 Å². The van der Waals surface area contributed by atoms with Gasteiger partial charge in [-0.25, -0.2) is 4.39 Å². The van der Waals surface area contributed by atoms with Crippen molar-refractivity contribution in [2.24, 2.45) is 5.92 Å². The molecule has 2 heterocycles. The van der Waals surface area contributed by atoms with Crippen molar-refractivity contribution in [3.63, 3.8) is 0 Å². The molecule has 1 aliphatic carbocycles. The maximum atomic E-state index is 13.9. The van der Waals surface area contributed by atoms with Crippen LogP contribution < -0.4 is 0 Å². The van der Waals surface area contributed by atoms with Crippen LogP contribution in [0.3, 0.4) is 0 Å². The van der Waals surface area contributed by atoms with E-state index in [1.54, 1.807) is 31.2 Å². The van der Waals surface area contributed by atoms with Crippen LogP contribution in [0.5, 0.6) is 5.75 Å². The Morgan fingerprint density at radius 2 is 2.07 bits per heavy atom. The minimum atomic E-state index is -0.799. The van der Waals surface area contributed by atoms with E-state index in [1.165, 1.54) is 6.07 Å². The molecule has 5 rings (SSSR count). The lowest BCUT2D eigenvalue weighted by molar-refractivity contribution is -0.138. The lowest BCUT2D eigenvalue weighted by Gasteiger charge is -2.18. The molecule has 5 nitrogen and oxygen atoms in total. The number of aliphatic carboxylic acids is 1. The molecule has 2 fully saturated rings. The number of rotatable bonds is 4. The molecule has 29 heavy (non-hydrogen) atoms. The largest absolute Gasteiger partial charge is 0.508 e. The number of nitrogens with zero attached hydrogens (tertiary/aromatic N) is 1. The molecule has 0 amide bonds. The van der Waals surface area contributed by atoms with Crippen LogP contribution >= 0.6 is 0 Å². The van der Waals surface area contributed by atoms with Crippen molar-refractivity contribution in [2.45, 2.75) is 38.2 Å². The first kappa shape index (κ1) is 18.2. The summed E-state index contributed by atoms with van der Waals surface area (Å²) in [6.45, 7) is 2.39. The topological polar surface area (TPSA) is 71.7 Å². The van der Waals surface area contributed by atoms with Crippen molar-refractivity contribution in [3.8, 4) is 11.4 Å². The number of ether oxygens (including phenoxy) is 1. The number of carboxylic acids is 1. The molecule has 2 aromatic carbocycles. The van der Waals surface area contributed by atoms with E-state index in [0.717, 1.165) is 40.7 Å². The fourth-order valence-electron chi connectivity index (χ4n) is 4.66. The van der Waals surface area contributed by atoms with E-state index in [4.69, 9.17) is 4.74 Å². The Morgan fingerprint density at radius 1 is 1.24 bits per heavy atom. The number of hydrogen-bond donors (Lipinski definition) is 2. The first-order chi connectivity index (χ1) is 14.0. The Bertz CT molecular complexity index is 1130. The summed E-state index contributed by atoms with van der Waals surface area (Å²) in [5.74, 6) is -1.47. The Morgan fingerprint density at radius 3 is 2.72 bits per heavy atom. The molecular weight excluding hydrogens is 373 g/mol. The number of benzene rings is 2. The van der Waals surface area contributed by atoms with Crippen LogP contribution in [0.1, 0.15) is 48.1 Å². The number of carbonyl (C=O) groups is 1. The molecule has 3 atom stereocenters. The van der Waals surface area contributed by atoms with Gasteiger partial charge in [0, 0.05) is 23.6 Å². The number of fused-ring (bicyclic) bond motifs is 1. The van der Waals surface area contributed by atoms with Crippen molar-refractivity contribution in [1.29, 1.82) is 0 Å². The number of aromatic hydroxyl groups is 1. The van der Waals surface area contributed by atoms with Gasteiger partial charge in [0.1, 0.15) is 11.6 Å². The van der Waals surface area contributed by atoms with Gasteiger partial charge in [-0.15, -0.1) is 0 Å². The number of aryl methyl sites for hydroxylation is 1. The fraction of sp³-hybridized carbons (Fsp3) is 0.348. The molecule has 1 aliphatic heterocycles. The van der Waals surface area contributed by atoms with Gasteiger partial charge in [-0.1, -0.05) is 0 Å². The monoisotopic (exact) mass is 395 g/mol. The van der Waals surface area contributed by atoms with E-state index in [9.17, 15) is 19.4 Å². The second-order valence-electron chi connectivity index (χ2n) is 8.06. The van der Waals surface area contributed by atoms with Gasteiger partial charge in [-0.3, -0.25) is 4.79 Å². The third-order valence-electron chi connectivity index (χ3n) is 6.14. The summed E-state index contributed by atoms with van der Waals surface area (Å²) < 4.78 is 22.0. The highest BCUT2D eigenvalue weighted by Crippen LogP contribution is 2.54.